The van der Waals surface area contributed by atoms with E-state index in [4.69, 9.17) is 9.84 Å². The van der Waals surface area contributed by atoms with E-state index in [2.05, 4.69) is 23.2 Å². The highest BCUT2D eigenvalue weighted by Gasteiger charge is 2.43. The molecule has 1 spiro atoms. The molecular formula is C18H22N2O3. The van der Waals surface area contributed by atoms with Crippen LogP contribution in [-0.2, 0) is 21.6 Å². The number of aliphatic hydroxyl groups excluding tert-OH is 1. The Labute approximate surface area is 135 Å². The highest BCUT2D eigenvalue weighted by Crippen LogP contribution is 2.43. The number of nitrogens with one attached hydrogen (secondary N) is 1. The van der Waals surface area contributed by atoms with Crippen molar-refractivity contribution in [1.29, 1.82) is 0 Å². The number of benzene rings is 1. The number of nitrogens with zero attached hydrogens (tertiary/aromatic N) is 1. The summed E-state index contributed by atoms with van der Waals surface area (Å²) in [5.74, 6) is 0.0371. The normalized spacial score (nSPS) is 20.0. The van der Waals surface area contributed by atoms with E-state index in [0.29, 0.717) is 13.1 Å². The van der Waals surface area contributed by atoms with E-state index in [1.54, 1.807) is 0 Å². The molecule has 0 aliphatic carbocycles. The summed E-state index contributed by atoms with van der Waals surface area (Å²) >= 11 is 0. The number of ether oxygens (including phenoxy) is 1. The molecule has 1 amide bonds. The summed E-state index contributed by atoms with van der Waals surface area (Å²) in [6.45, 7) is 2.03. The van der Waals surface area contributed by atoms with E-state index in [0.717, 1.165) is 25.9 Å². The molecule has 1 fully saturated rings. The molecule has 23 heavy (non-hydrogen) atoms. The van der Waals surface area contributed by atoms with Gasteiger partial charge in [-0.2, -0.15) is 0 Å². The average Bonchev–Trinajstić information content (AvgIpc) is 2.96. The van der Waals surface area contributed by atoms with Crippen LogP contribution in [0.2, 0.25) is 0 Å². The number of aromatic amines is 1. The van der Waals surface area contributed by atoms with Gasteiger partial charge in [-0.05, 0) is 30.9 Å². The molecule has 0 radical (unpaired) electrons. The molecule has 2 N–H and O–H groups in total. The molecule has 5 nitrogen and oxygen atoms in total. The maximum Gasteiger partial charge on any atom is 0.224 e. The highest BCUT2D eigenvalue weighted by molar-refractivity contribution is 5.85. The fourth-order valence-electron chi connectivity index (χ4n) is 4.03. The molecule has 5 heteroatoms. The maximum absolute atomic E-state index is 12.0. The van der Waals surface area contributed by atoms with Crippen molar-refractivity contribution in [3.63, 3.8) is 0 Å². The van der Waals surface area contributed by atoms with Gasteiger partial charge in [0.1, 0.15) is 5.60 Å². The van der Waals surface area contributed by atoms with Crippen LogP contribution in [-0.4, -0.2) is 47.2 Å². The summed E-state index contributed by atoms with van der Waals surface area (Å²) in [7, 11) is 0. The Morgan fingerprint density at radius 1 is 1.30 bits per heavy atom. The van der Waals surface area contributed by atoms with Gasteiger partial charge in [-0.15, -0.1) is 0 Å². The number of fused-ring (bicyclic) bond motifs is 4. The number of aliphatic hydroxyl groups is 1. The largest absolute Gasteiger partial charge is 0.396 e. The lowest BCUT2D eigenvalue weighted by Crippen LogP contribution is -2.48. The number of H-pyrrole nitrogens is 1. The highest BCUT2D eigenvalue weighted by atomic mass is 16.5. The van der Waals surface area contributed by atoms with Crippen LogP contribution in [0.5, 0.6) is 0 Å². The molecule has 2 aliphatic heterocycles. The van der Waals surface area contributed by atoms with Crippen molar-refractivity contribution in [1.82, 2.24) is 9.88 Å². The predicted molar refractivity (Wildman–Crippen MR) is 87.1 cm³/mol. The van der Waals surface area contributed by atoms with Crippen molar-refractivity contribution < 1.29 is 14.6 Å². The van der Waals surface area contributed by atoms with Crippen molar-refractivity contribution in [2.24, 2.45) is 0 Å². The average molecular weight is 314 g/mol. The van der Waals surface area contributed by atoms with Gasteiger partial charge in [0.05, 0.1) is 18.9 Å². The van der Waals surface area contributed by atoms with Crippen LogP contribution in [0.25, 0.3) is 10.9 Å². The first kappa shape index (κ1) is 14.7. The van der Waals surface area contributed by atoms with Crippen molar-refractivity contribution in [2.75, 3.05) is 26.3 Å². The molecule has 1 aromatic heterocycles. The Hall–Kier alpha value is -1.85. The topological polar surface area (TPSA) is 65.6 Å². The minimum Gasteiger partial charge on any atom is -0.396 e. The maximum atomic E-state index is 12.0. The van der Waals surface area contributed by atoms with Crippen molar-refractivity contribution in [3.05, 3.63) is 35.5 Å². The molecule has 3 heterocycles. The zero-order chi connectivity index (χ0) is 15.9. The first-order valence-electron chi connectivity index (χ1n) is 8.36. The third kappa shape index (κ3) is 2.35. The molecule has 0 bridgehead atoms. The van der Waals surface area contributed by atoms with Crippen molar-refractivity contribution in [3.8, 4) is 0 Å². The molecule has 1 saturated heterocycles. The number of hydrogen-bond donors (Lipinski definition) is 2. The van der Waals surface area contributed by atoms with Crippen LogP contribution in [0.4, 0.5) is 0 Å². The number of para-hydroxylation sites is 1. The summed E-state index contributed by atoms with van der Waals surface area (Å²) in [4.78, 5) is 17.4. The second kappa shape index (κ2) is 5.65. The number of amides is 1. The first-order chi connectivity index (χ1) is 11.2. The molecule has 2 aromatic rings. The molecule has 0 atom stereocenters. The van der Waals surface area contributed by atoms with Crippen LogP contribution in [0.3, 0.4) is 0 Å². The Bertz CT molecular complexity index is 729. The van der Waals surface area contributed by atoms with Crippen LogP contribution in [0.1, 0.15) is 30.5 Å². The Balaban J connectivity index is 1.63. The van der Waals surface area contributed by atoms with Gasteiger partial charge in [0.2, 0.25) is 5.91 Å². The molecule has 1 aromatic carbocycles. The molecule has 0 saturated carbocycles. The van der Waals surface area contributed by atoms with Crippen molar-refractivity contribution in [2.45, 2.75) is 31.3 Å². The number of aromatic nitrogens is 1. The summed E-state index contributed by atoms with van der Waals surface area (Å²) in [6, 6.07) is 8.41. The minimum absolute atomic E-state index is 0.0371. The zero-order valence-electron chi connectivity index (χ0n) is 13.2. The lowest BCUT2D eigenvalue weighted by atomic mass is 9.83. The molecular weight excluding hydrogens is 292 g/mol. The van der Waals surface area contributed by atoms with E-state index in [-0.39, 0.29) is 24.5 Å². The number of piperidine rings is 1. The number of rotatable bonds is 2. The van der Waals surface area contributed by atoms with E-state index in [1.807, 2.05) is 11.0 Å². The third-order valence-corrected chi connectivity index (χ3v) is 5.25. The van der Waals surface area contributed by atoms with E-state index in [1.165, 1.54) is 22.2 Å². The van der Waals surface area contributed by atoms with E-state index < -0.39 is 0 Å². The number of likely N-dealkylation sites (tertiary alicyclic amines) is 1. The zero-order valence-corrected chi connectivity index (χ0v) is 13.2. The molecule has 0 unspecified atom stereocenters. The number of hydrogen-bond acceptors (Lipinski definition) is 3. The van der Waals surface area contributed by atoms with Gasteiger partial charge >= 0.3 is 0 Å². The van der Waals surface area contributed by atoms with Crippen LogP contribution in [0.15, 0.2) is 24.3 Å². The van der Waals surface area contributed by atoms with Gasteiger partial charge in [-0.1, -0.05) is 18.2 Å². The monoisotopic (exact) mass is 314 g/mol. The third-order valence-electron chi connectivity index (χ3n) is 5.25. The minimum atomic E-state index is -0.289. The summed E-state index contributed by atoms with van der Waals surface area (Å²) in [5.41, 5.74) is 3.46. The van der Waals surface area contributed by atoms with Gasteiger partial charge in [0.15, 0.2) is 0 Å². The second-order valence-corrected chi connectivity index (χ2v) is 6.47. The van der Waals surface area contributed by atoms with Crippen LogP contribution in [0, 0.1) is 0 Å². The van der Waals surface area contributed by atoms with E-state index >= 15 is 0 Å². The van der Waals surface area contributed by atoms with Crippen LogP contribution < -0.4 is 0 Å². The summed E-state index contributed by atoms with van der Waals surface area (Å²) in [5, 5.41) is 10.2. The fraction of sp³-hybridized carbons (Fsp3) is 0.500. The van der Waals surface area contributed by atoms with Gasteiger partial charge in [0, 0.05) is 30.4 Å². The lowest BCUT2D eigenvalue weighted by Gasteiger charge is -2.43. The van der Waals surface area contributed by atoms with Crippen LogP contribution >= 0.6 is 0 Å². The summed E-state index contributed by atoms with van der Waals surface area (Å²) < 4.78 is 6.23. The Morgan fingerprint density at radius 2 is 2.09 bits per heavy atom. The predicted octanol–water partition coefficient (Wildman–Crippen LogP) is 1.94. The Morgan fingerprint density at radius 3 is 2.87 bits per heavy atom. The number of carbonyl (C=O) groups excluding carboxylic acids is 1. The smallest absolute Gasteiger partial charge is 0.224 e. The standard InChI is InChI=1S/C18H22N2O3/c21-11-5-16(22)20-9-7-18(8-10-20)17-14(6-12-23-18)13-3-1-2-4-15(13)19-17/h1-4,19,21H,5-12H2. The molecule has 122 valence electrons. The van der Waals surface area contributed by atoms with Gasteiger partial charge in [-0.25, -0.2) is 0 Å². The number of carbonyl (C=O) groups is 1. The lowest BCUT2D eigenvalue weighted by molar-refractivity contribution is -0.141. The van der Waals surface area contributed by atoms with Gasteiger partial charge in [-0.3, -0.25) is 4.79 Å². The molecule has 4 rings (SSSR count). The quantitative estimate of drug-likeness (QED) is 0.890. The summed E-state index contributed by atoms with van der Waals surface area (Å²) in [6.07, 6.45) is 2.77. The SMILES string of the molecule is O=C(CCO)N1CCC2(CC1)OCCc1c2[nH]c2ccccc12. The first-order valence-corrected chi connectivity index (χ1v) is 8.36. The second-order valence-electron chi connectivity index (χ2n) is 6.47. The van der Waals surface area contributed by atoms with Crippen molar-refractivity contribution >= 4 is 16.8 Å². The fourth-order valence-corrected chi connectivity index (χ4v) is 4.03. The van der Waals surface area contributed by atoms with E-state index in [9.17, 15) is 4.79 Å². The molecule has 2 aliphatic rings. The van der Waals surface area contributed by atoms with Gasteiger partial charge in [0.25, 0.3) is 0 Å². The van der Waals surface area contributed by atoms with Gasteiger partial charge < -0.3 is 19.7 Å². The Kier molecular flexibility index (Phi) is 3.62.